The van der Waals surface area contributed by atoms with Crippen molar-refractivity contribution in [2.24, 2.45) is 0 Å². The van der Waals surface area contributed by atoms with E-state index in [2.05, 4.69) is 65.5 Å². The number of anilines is 2. The van der Waals surface area contributed by atoms with Crippen molar-refractivity contribution in [3.05, 3.63) is 54.1 Å². The van der Waals surface area contributed by atoms with E-state index in [9.17, 15) is 4.79 Å². The third-order valence-corrected chi connectivity index (χ3v) is 5.82. The van der Waals surface area contributed by atoms with Gasteiger partial charge in [-0.25, -0.2) is 0 Å². The molecule has 26 heavy (non-hydrogen) atoms. The van der Waals surface area contributed by atoms with Crippen LogP contribution in [0.4, 0.5) is 11.4 Å². The molecule has 0 aliphatic carbocycles. The van der Waals surface area contributed by atoms with Crippen molar-refractivity contribution in [2.45, 2.75) is 24.0 Å². The number of hydrogen-bond donors (Lipinski definition) is 1. The van der Waals surface area contributed by atoms with Crippen LogP contribution in [0, 0.1) is 6.92 Å². The fraction of sp³-hybridized carbons (Fsp3) is 0.381. The van der Waals surface area contributed by atoms with Crippen LogP contribution in [0.1, 0.15) is 12.5 Å². The van der Waals surface area contributed by atoms with Gasteiger partial charge in [0.15, 0.2) is 0 Å². The molecule has 1 heterocycles. The number of piperazine rings is 1. The molecule has 0 saturated carbocycles. The highest BCUT2D eigenvalue weighted by molar-refractivity contribution is 8.00. The Balaban J connectivity index is 1.54. The van der Waals surface area contributed by atoms with Gasteiger partial charge >= 0.3 is 0 Å². The molecule has 5 heteroatoms. The van der Waals surface area contributed by atoms with Gasteiger partial charge in [0.05, 0.1) is 5.25 Å². The summed E-state index contributed by atoms with van der Waals surface area (Å²) in [7, 11) is 2.16. The van der Waals surface area contributed by atoms with Gasteiger partial charge in [-0.2, -0.15) is 0 Å². The van der Waals surface area contributed by atoms with Crippen molar-refractivity contribution in [1.82, 2.24) is 4.90 Å². The number of nitrogens with zero attached hydrogens (tertiary/aromatic N) is 2. The van der Waals surface area contributed by atoms with E-state index in [1.54, 1.807) is 11.8 Å². The number of likely N-dealkylation sites (N-methyl/N-ethyl adjacent to an activating group) is 1. The van der Waals surface area contributed by atoms with Crippen LogP contribution >= 0.6 is 11.8 Å². The van der Waals surface area contributed by atoms with Crippen LogP contribution in [-0.2, 0) is 4.79 Å². The monoisotopic (exact) mass is 369 g/mol. The topological polar surface area (TPSA) is 35.6 Å². The van der Waals surface area contributed by atoms with E-state index < -0.39 is 0 Å². The first-order chi connectivity index (χ1) is 12.5. The predicted octanol–water partition coefficient (Wildman–Crippen LogP) is 3.87. The Morgan fingerprint density at radius 3 is 2.23 bits per heavy atom. The summed E-state index contributed by atoms with van der Waals surface area (Å²) in [5.74, 6) is 0.0305. The summed E-state index contributed by atoms with van der Waals surface area (Å²) < 4.78 is 0. The van der Waals surface area contributed by atoms with Gasteiger partial charge in [0.2, 0.25) is 5.91 Å². The van der Waals surface area contributed by atoms with E-state index >= 15 is 0 Å². The zero-order chi connectivity index (χ0) is 18.5. The first-order valence-corrected chi connectivity index (χ1v) is 9.97. The zero-order valence-electron chi connectivity index (χ0n) is 15.7. The predicted molar refractivity (Wildman–Crippen MR) is 111 cm³/mol. The van der Waals surface area contributed by atoms with Gasteiger partial charge in [0.1, 0.15) is 0 Å². The minimum Gasteiger partial charge on any atom is -0.369 e. The molecule has 1 aliphatic heterocycles. The normalized spacial score (nSPS) is 16.3. The van der Waals surface area contributed by atoms with E-state index in [1.165, 1.54) is 11.3 Å². The first kappa shape index (κ1) is 18.8. The highest BCUT2D eigenvalue weighted by atomic mass is 32.2. The lowest BCUT2D eigenvalue weighted by Crippen LogP contribution is -2.44. The minimum absolute atomic E-state index is 0.0305. The van der Waals surface area contributed by atoms with Crippen LogP contribution in [-0.4, -0.2) is 49.3 Å². The Morgan fingerprint density at radius 2 is 1.62 bits per heavy atom. The molecule has 1 fully saturated rings. The second kappa shape index (κ2) is 8.60. The molecule has 2 aromatic carbocycles. The Kier molecular flexibility index (Phi) is 6.22. The van der Waals surface area contributed by atoms with Crippen molar-refractivity contribution in [3.63, 3.8) is 0 Å². The highest BCUT2D eigenvalue weighted by Gasteiger charge is 2.16. The van der Waals surface area contributed by atoms with Crippen LogP contribution in [0.2, 0.25) is 0 Å². The van der Waals surface area contributed by atoms with Crippen LogP contribution in [0.25, 0.3) is 0 Å². The van der Waals surface area contributed by atoms with Crippen molar-refractivity contribution in [2.75, 3.05) is 43.4 Å². The largest absolute Gasteiger partial charge is 0.369 e. The van der Waals surface area contributed by atoms with E-state index in [0.29, 0.717) is 0 Å². The molecule has 4 nitrogen and oxygen atoms in total. The average Bonchev–Trinajstić information content (AvgIpc) is 2.65. The summed E-state index contributed by atoms with van der Waals surface area (Å²) in [4.78, 5) is 18.3. The second-order valence-corrected chi connectivity index (χ2v) is 8.31. The minimum atomic E-state index is -0.144. The van der Waals surface area contributed by atoms with Gasteiger partial charge in [-0.15, -0.1) is 11.8 Å². The molecule has 0 spiro atoms. The number of rotatable bonds is 5. The molecule has 0 unspecified atom stereocenters. The van der Waals surface area contributed by atoms with Gasteiger partial charge in [-0.3, -0.25) is 4.79 Å². The lowest BCUT2D eigenvalue weighted by atomic mass is 10.2. The Hall–Kier alpha value is -1.98. The Labute approximate surface area is 160 Å². The SMILES string of the molecule is Cc1ccc(S[C@H](C)C(=O)Nc2ccc(N3CCN(C)CC3)cc2)cc1. The van der Waals surface area contributed by atoms with Crippen molar-refractivity contribution in [3.8, 4) is 0 Å². The molecule has 1 saturated heterocycles. The number of carbonyl (C=O) groups is 1. The number of carbonyl (C=O) groups excluding carboxylic acids is 1. The average molecular weight is 370 g/mol. The van der Waals surface area contributed by atoms with Crippen LogP contribution in [0.3, 0.4) is 0 Å². The van der Waals surface area contributed by atoms with E-state index in [-0.39, 0.29) is 11.2 Å². The van der Waals surface area contributed by atoms with Crippen LogP contribution in [0.15, 0.2) is 53.4 Å². The van der Waals surface area contributed by atoms with Gasteiger partial charge < -0.3 is 15.1 Å². The summed E-state index contributed by atoms with van der Waals surface area (Å²) in [5.41, 5.74) is 3.30. The maximum Gasteiger partial charge on any atom is 0.237 e. The number of hydrogen-bond acceptors (Lipinski definition) is 4. The van der Waals surface area contributed by atoms with Gasteiger partial charge in [0.25, 0.3) is 0 Å². The zero-order valence-corrected chi connectivity index (χ0v) is 16.6. The molecular formula is C21H27N3OS. The Morgan fingerprint density at radius 1 is 1.00 bits per heavy atom. The fourth-order valence-electron chi connectivity index (χ4n) is 2.94. The third kappa shape index (κ3) is 5.02. The molecule has 1 N–H and O–H groups in total. The van der Waals surface area contributed by atoms with E-state index in [4.69, 9.17) is 0 Å². The number of aryl methyl sites for hydroxylation is 1. The van der Waals surface area contributed by atoms with Crippen LogP contribution < -0.4 is 10.2 Å². The summed E-state index contributed by atoms with van der Waals surface area (Å²) >= 11 is 1.58. The summed E-state index contributed by atoms with van der Waals surface area (Å²) in [6.07, 6.45) is 0. The van der Waals surface area contributed by atoms with Crippen molar-refractivity contribution < 1.29 is 4.79 Å². The fourth-order valence-corrected chi connectivity index (χ4v) is 3.81. The molecule has 138 valence electrons. The quantitative estimate of drug-likeness (QED) is 0.812. The first-order valence-electron chi connectivity index (χ1n) is 9.09. The lowest BCUT2D eigenvalue weighted by Gasteiger charge is -2.34. The second-order valence-electron chi connectivity index (χ2n) is 6.90. The maximum absolute atomic E-state index is 12.5. The van der Waals surface area contributed by atoms with Gasteiger partial charge in [-0.05, 0) is 57.3 Å². The van der Waals surface area contributed by atoms with E-state index in [0.717, 1.165) is 36.8 Å². The number of thioether (sulfide) groups is 1. The molecule has 2 aromatic rings. The molecule has 0 radical (unpaired) electrons. The van der Waals surface area contributed by atoms with E-state index in [1.807, 2.05) is 19.1 Å². The smallest absolute Gasteiger partial charge is 0.237 e. The molecule has 3 rings (SSSR count). The third-order valence-electron chi connectivity index (χ3n) is 4.71. The van der Waals surface area contributed by atoms with Crippen LogP contribution in [0.5, 0.6) is 0 Å². The van der Waals surface area contributed by atoms with Gasteiger partial charge in [-0.1, -0.05) is 17.7 Å². The number of nitrogens with one attached hydrogen (secondary N) is 1. The van der Waals surface area contributed by atoms with Crippen molar-refractivity contribution >= 4 is 29.0 Å². The number of benzene rings is 2. The van der Waals surface area contributed by atoms with Gasteiger partial charge in [0, 0.05) is 42.4 Å². The molecular weight excluding hydrogens is 342 g/mol. The van der Waals surface area contributed by atoms with Crippen molar-refractivity contribution in [1.29, 1.82) is 0 Å². The summed E-state index contributed by atoms with van der Waals surface area (Å²) in [6.45, 7) is 8.28. The Bertz CT molecular complexity index is 722. The molecule has 1 amide bonds. The lowest BCUT2D eigenvalue weighted by molar-refractivity contribution is -0.115. The standard InChI is InChI=1S/C21H27N3OS/c1-16-4-10-20(11-5-16)26-17(2)21(25)22-18-6-8-19(9-7-18)24-14-12-23(3)13-15-24/h4-11,17H,12-15H2,1-3H3,(H,22,25)/t17-/m1/s1. The summed E-state index contributed by atoms with van der Waals surface area (Å²) in [6, 6.07) is 16.5. The molecule has 1 aliphatic rings. The number of amides is 1. The molecule has 0 aromatic heterocycles. The highest BCUT2D eigenvalue weighted by Crippen LogP contribution is 2.25. The maximum atomic E-state index is 12.5. The molecule has 0 bridgehead atoms. The summed E-state index contributed by atoms with van der Waals surface area (Å²) in [5, 5.41) is 2.88. The molecule has 1 atom stereocenters.